The topological polar surface area (TPSA) is 71.4 Å². The summed E-state index contributed by atoms with van der Waals surface area (Å²) in [7, 11) is 3.29. The molecule has 136 valence electrons. The summed E-state index contributed by atoms with van der Waals surface area (Å²) < 4.78 is 11.1. The van der Waals surface area contributed by atoms with E-state index in [0.29, 0.717) is 5.69 Å². The summed E-state index contributed by atoms with van der Waals surface area (Å²) in [5.41, 5.74) is 2.73. The summed E-state index contributed by atoms with van der Waals surface area (Å²) in [4.78, 5) is 17.6. The van der Waals surface area contributed by atoms with E-state index in [9.17, 15) is 4.79 Å². The van der Waals surface area contributed by atoms with Crippen LogP contribution in [0, 0.1) is 0 Å². The van der Waals surface area contributed by atoms with E-state index in [0.717, 1.165) is 35.8 Å². The van der Waals surface area contributed by atoms with Crippen molar-refractivity contribution in [2.75, 3.05) is 32.2 Å². The number of aliphatic imine (C=N–C) groups is 1. The first-order valence-corrected chi connectivity index (χ1v) is 8.51. The summed E-state index contributed by atoms with van der Waals surface area (Å²) in [6.07, 6.45) is 4.06. The molecule has 0 unspecified atom stereocenters. The molecule has 0 atom stereocenters. The van der Waals surface area contributed by atoms with Crippen LogP contribution in [-0.4, -0.2) is 44.6 Å². The number of benzene rings is 2. The Kier molecular flexibility index (Phi) is 5.41. The van der Waals surface area contributed by atoms with Crippen molar-refractivity contribution in [2.24, 2.45) is 4.99 Å². The molecule has 0 amide bonds. The quantitative estimate of drug-likeness (QED) is 0.800. The largest absolute Gasteiger partial charge is 0.496 e. The van der Waals surface area contributed by atoms with Crippen LogP contribution in [-0.2, 0) is 0 Å². The molecule has 0 aromatic heterocycles. The van der Waals surface area contributed by atoms with Crippen molar-refractivity contribution in [3.05, 3.63) is 47.5 Å². The number of hydrogen-bond donors (Lipinski definition) is 1. The smallest absolute Gasteiger partial charge is 0.335 e. The average molecular weight is 354 g/mol. The Balaban J connectivity index is 1.89. The number of nitrogens with zero attached hydrogens (tertiary/aromatic N) is 2. The third kappa shape index (κ3) is 3.79. The fourth-order valence-corrected chi connectivity index (χ4v) is 3.05. The molecule has 26 heavy (non-hydrogen) atoms. The maximum Gasteiger partial charge on any atom is 0.335 e. The minimum Gasteiger partial charge on any atom is -0.496 e. The SMILES string of the molecule is COc1cc(N2CCCC2)c(OC)cc1C=Nc1ccc(C(=O)O)cc1. The van der Waals surface area contributed by atoms with Crippen LogP contribution in [0.4, 0.5) is 11.4 Å². The van der Waals surface area contributed by atoms with Crippen molar-refractivity contribution in [1.82, 2.24) is 0 Å². The van der Waals surface area contributed by atoms with Gasteiger partial charge in [-0.1, -0.05) is 0 Å². The fraction of sp³-hybridized carbons (Fsp3) is 0.300. The van der Waals surface area contributed by atoms with Gasteiger partial charge in [0.1, 0.15) is 11.5 Å². The average Bonchev–Trinajstić information content (AvgIpc) is 3.20. The van der Waals surface area contributed by atoms with E-state index in [-0.39, 0.29) is 5.56 Å². The van der Waals surface area contributed by atoms with Gasteiger partial charge in [-0.25, -0.2) is 4.79 Å². The monoisotopic (exact) mass is 354 g/mol. The first-order valence-electron chi connectivity index (χ1n) is 8.51. The molecule has 0 bridgehead atoms. The number of methoxy groups -OCH3 is 2. The molecular weight excluding hydrogens is 332 g/mol. The second-order valence-corrected chi connectivity index (χ2v) is 6.07. The molecule has 3 rings (SSSR count). The molecular formula is C20H22N2O4. The number of carbonyl (C=O) groups is 1. The molecule has 6 nitrogen and oxygen atoms in total. The lowest BCUT2D eigenvalue weighted by Gasteiger charge is -2.22. The van der Waals surface area contributed by atoms with Crippen LogP contribution in [0.15, 0.2) is 41.4 Å². The molecule has 0 radical (unpaired) electrons. The maximum absolute atomic E-state index is 10.9. The van der Waals surface area contributed by atoms with Gasteiger partial charge in [-0.15, -0.1) is 0 Å². The van der Waals surface area contributed by atoms with Crippen molar-refractivity contribution in [2.45, 2.75) is 12.8 Å². The number of rotatable bonds is 6. The van der Waals surface area contributed by atoms with Crippen molar-refractivity contribution >= 4 is 23.6 Å². The van der Waals surface area contributed by atoms with Crippen LogP contribution in [0.25, 0.3) is 0 Å². The standard InChI is InChI=1S/C20H22N2O4/c1-25-18-12-17(22-9-3-4-10-22)19(26-2)11-15(18)13-21-16-7-5-14(6-8-16)20(23)24/h5-8,11-13H,3-4,9-10H2,1-2H3,(H,23,24). The molecule has 0 spiro atoms. The van der Waals surface area contributed by atoms with Gasteiger partial charge in [0.05, 0.1) is 31.2 Å². The number of anilines is 1. The lowest BCUT2D eigenvalue weighted by atomic mass is 10.1. The second kappa shape index (κ2) is 7.91. The van der Waals surface area contributed by atoms with Crippen LogP contribution in [0.3, 0.4) is 0 Å². The highest BCUT2D eigenvalue weighted by Gasteiger charge is 2.19. The van der Waals surface area contributed by atoms with Crippen molar-refractivity contribution < 1.29 is 19.4 Å². The van der Waals surface area contributed by atoms with Crippen LogP contribution in [0.1, 0.15) is 28.8 Å². The van der Waals surface area contributed by atoms with Gasteiger partial charge >= 0.3 is 5.97 Å². The van der Waals surface area contributed by atoms with Crippen molar-refractivity contribution in [3.8, 4) is 11.5 Å². The Morgan fingerprint density at radius 2 is 1.73 bits per heavy atom. The first kappa shape index (κ1) is 17.8. The number of hydrogen-bond acceptors (Lipinski definition) is 5. The minimum atomic E-state index is -0.954. The Morgan fingerprint density at radius 3 is 2.31 bits per heavy atom. The van der Waals surface area contributed by atoms with E-state index in [1.54, 1.807) is 32.6 Å². The minimum absolute atomic E-state index is 0.234. The Bertz CT molecular complexity index is 809. The molecule has 1 saturated heterocycles. The van der Waals surface area contributed by atoms with Crippen molar-refractivity contribution in [1.29, 1.82) is 0 Å². The summed E-state index contributed by atoms with van der Waals surface area (Å²) in [6, 6.07) is 10.3. The Hall–Kier alpha value is -3.02. The summed E-state index contributed by atoms with van der Waals surface area (Å²) in [5, 5.41) is 8.95. The van der Waals surface area contributed by atoms with Gasteiger partial charge in [-0.3, -0.25) is 4.99 Å². The summed E-state index contributed by atoms with van der Waals surface area (Å²) >= 11 is 0. The number of carboxylic acids is 1. The van der Waals surface area contributed by atoms with Gasteiger partial charge in [0.25, 0.3) is 0 Å². The van der Waals surface area contributed by atoms with Gasteiger partial charge in [0, 0.05) is 30.9 Å². The third-order valence-corrected chi connectivity index (χ3v) is 4.44. The zero-order valence-electron chi connectivity index (χ0n) is 14.9. The molecule has 6 heteroatoms. The highest BCUT2D eigenvalue weighted by molar-refractivity contribution is 5.89. The lowest BCUT2D eigenvalue weighted by Crippen LogP contribution is -2.18. The van der Waals surface area contributed by atoms with Crippen LogP contribution < -0.4 is 14.4 Å². The fourth-order valence-electron chi connectivity index (χ4n) is 3.05. The van der Waals surface area contributed by atoms with E-state index in [2.05, 4.69) is 9.89 Å². The van der Waals surface area contributed by atoms with Crippen LogP contribution in [0.5, 0.6) is 11.5 Å². The van der Waals surface area contributed by atoms with E-state index >= 15 is 0 Å². The molecule has 1 fully saturated rings. The second-order valence-electron chi connectivity index (χ2n) is 6.07. The summed E-state index contributed by atoms with van der Waals surface area (Å²) in [6.45, 7) is 2.03. The molecule has 1 heterocycles. The summed E-state index contributed by atoms with van der Waals surface area (Å²) in [5.74, 6) is 0.554. The number of carboxylic acid groups (broad SMARTS) is 1. The first-order chi connectivity index (χ1) is 12.6. The Morgan fingerprint density at radius 1 is 1.08 bits per heavy atom. The van der Waals surface area contributed by atoms with E-state index in [4.69, 9.17) is 14.6 Å². The zero-order valence-corrected chi connectivity index (χ0v) is 14.9. The molecule has 0 saturated carbocycles. The van der Waals surface area contributed by atoms with Crippen LogP contribution in [0.2, 0.25) is 0 Å². The zero-order chi connectivity index (χ0) is 18.5. The maximum atomic E-state index is 10.9. The number of ether oxygens (including phenoxy) is 2. The molecule has 1 aliphatic rings. The molecule has 2 aromatic carbocycles. The lowest BCUT2D eigenvalue weighted by molar-refractivity contribution is 0.0697. The molecule has 1 N–H and O–H groups in total. The van der Waals surface area contributed by atoms with E-state index in [1.165, 1.54) is 25.0 Å². The van der Waals surface area contributed by atoms with Crippen molar-refractivity contribution in [3.63, 3.8) is 0 Å². The normalized spacial score (nSPS) is 14.0. The predicted octanol–water partition coefficient (Wildman–Crippen LogP) is 3.75. The molecule has 0 aliphatic carbocycles. The van der Waals surface area contributed by atoms with Crippen LogP contribution >= 0.6 is 0 Å². The molecule has 1 aliphatic heterocycles. The van der Waals surface area contributed by atoms with Gasteiger partial charge in [0.15, 0.2) is 0 Å². The highest BCUT2D eigenvalue weighted by atomic mass is 16.5. The Labute approximate surface area is 152 Å². The van der Waals surface area contributed by atoms with Gasteiger partial charge < -0.3 is 19.5 Å². The predicted molar refractivity (Wildman–Crippen MR) is 102 cm³/mol. The van der Waals surface area contributed by atoms with E-state index < -0.39 is 5.97 Å². The van der Waals surface area contributed by atoms with Gasteiger partial charge in [-0.2, -0.15) is 0 Å². The van der Waals surface area contributed by atoms with E-state index in [1.807, 2.05) is 12.1 Å². The number of aromatic carboxylic acids is 1. The third-order valence-electron chi connectivity index (χ3n) is 4.44. The molecule has 2 aromatic rings. The van der Waals surface area contributed by atoms with Gasteiger partial charge in [-0.05, 0) is 43.2 Å². The van der Waals surface area contributed by atoms with Gasteiger partial charge in [0.2, 0.25) is 0 Å². The highest BCUT2D eigenvalue weighted by Crippen LogP contribution is 2.36.